The number of anilines is 1. The van der Waals surface area contributed by atoms with Gasteiger partial charge >= 0.3 is 6.18 Å². The van der Waals surface area contributed by atoms with E-state index in [0.717, 1.165) is 42.5 Å². The number of halogens is 5. The third kappa shape index (κ3) is 5.37. The van der Waals surface area contributed by atoms with Crippen LogP contribution in [0.1, 0.15) is 0 Å². The third-order valence-electron chi connectivity index (χ3n) is 3.07. The first-order valence-corrected chi connectivity index (χ1v) is 9.92. The summed E-state index contributed by atoms with van der Waals surface area (Å²) in [5.41, 5.74) is -0.257. The summed E-state index contributed by atoms with van der Waals surface area (Å²) in [5.74, 6) is -2.67. The first-order chi connectivity index (χ1) is 12.3. The SMILES string of the molecule is O=S(=O)(NCC(F)(F)F)c1ccc(NS(=O)(=O)c2c(F)cccc2F)cc1. The van der Waals surface area contributed by atoms with Crippen LogP contribution in [-0.2, 0) is 20.0 Å². The average Bonchev–Trinajstić information content (AvgIpc) is 2.52. The van der Waals surface area contributed by atoms with Gasteiger partial charge in [0.15, 0.2) is 4.90 Å². The van der Waals surface area contributed by atoms with Gasteiger partial charge in [-0.05, 0) is 36.4 Å². The molecule has 0 saturated heterocycles. The summed E-state index contributed by atoms with van der Waals surface area (Å²) in [5, 5.41) is 0. The number of hydrogen-bond acceptors (Lipinski definition) is 4. The molecule has 0 heterocycles. The summed E-state index contributed by atoms with van der Waals surface area (Å²) in [6.45, 7) is -1.78. The topological polar surface area (TPSA) is 92.3 Å². The molecule has 0 aliphatic heterocycles. The van der Waals surface area contributed by atoms with Gasteiger partial charge < -0.3 is 0 Å². The molecule has 0 saturated carbocycles. The van der Waals surface area contributed by atoms with Gasteiger partial charge in [-0.1, -0.05) is 6.07 Å². The van der Waals surface area contributed by atoms with Gasteiger partial charge in [0.2, 0.25) is 10.0 Å². The summed E-state index contributed by atoms with van der Waals surface area (Å²) in [6, 6.07) is 5.93. The Morgan fingerprint density at radius 1 is 0.815 bits per heavy atom. The van der Waals surface area contributed by atoms with E-state index in [1.165, 1.54) is 4.72 Å². The lowest BCUT2D eigenvalue weighted by Gasteiger charge is -2.11. The number of hydrogen-bond donors (Lipinski definition) is 2. The van der Waals surface area contributed by atoms with Crippen molar-refractivity contribution in [1.82, 2.24) is 4.72 Å². The van der Waals surface area contributed by atoms with Gasteiger partial charge in [0.05, 0.1) is 4.90 Å². The highest BCUT2D eigenvalue weighted by molar-refractivity contribution is 7.92. The van der Waals surface area contributed by atoms with Crippen molar-refractivity contribution in [1.29, 1.82) is 0 Å². The number of sulfonamides is 2. The van der Waals surface area contributed by atoms with E-state index < -0.39 is 54.2 Å². The second kappa shape index (κ2) is 7.40. The molecule has 2 N–H and O–H groups in total. The Morgan fingerprint density at radius 3 is 1.81 bits per heavy atom. The number of benzene rings is 2. The van der Waals surface area contributed by atoms with Gasteiger partial charge in [-0.2, -0.15) is 13.2 Å². The van der Waals surface area contributed by atoms with Crippen LogP contribution in [0.25, 0.3) is 0 Å². The van der Waals surface area contributed by atoms with Crippen LogP contribution in [0, 0.1) is 11.6 Å². The Bertz CT molecular complexity index is 1020. The van der Waals surface area contributed by atoms with Crippen molar-refractivity contribution in [3.8, 4) is 0 Å². The molecule has 148 valence electrons. The van der Waals surface area contributed by atoms with Crippen LogP contribution in [-0.4, -0.2) is 29.6 Å². The van der Waals surface area contributed by atoms with Gasteiger partial charge in [0.25, 0.3) is 10.0 Å². The number of alkyl halides is 3. The zero-order chi connectivity index (χ0) is 20.5. The normalized spacial score (nSPS) is 12.8. The third-order valence-corrected chi connectivity index (χ3v) is 5.92. The molecule has 0 aliphatic rings. The molecule has 0 bridgehead atoms. The van der Waals surface area contributed by atoms with Crippen LogP contribution < -0.4 is 9.44 Å². The highest BCUT2D eigenvalue weighted by Crippen LogP contribution is 2.23. The number of rotatable bonds is 6. The van der Waals surface area contributed by atoms with Crippen molar-refractivity contribution < 1.29 is 38.8 Å². The molecule has 0 amide bonds. The molecule has 2 aromatic carbocycles. The Balaban J connectivity index is 2.23. The summed E-state index contributed by atoms with van der Waals surface area (Å²) in [6.07, 6.45) is -4.76. The maximum atomic E-state index is 13.6. The van der Waals surface area contributed by atoms with Gasteiger partial charge in [-0.15, -0.1) is 0 Å². The minimum absolute atomic E-state index is 0.257. The van der Waals surface area contributed by atoms with Gasteiger partial charge in [0.1, 0.15) is 18.2 Å². The van der Waals surface area contributed by atoms with Crippen molar-refractivity contribution >= 4 is 25.7 Å². The molecule has 0 spiro atoms. The van der Waals surface area contributed by atoms with Gasteiger partial charge in [-0.25, -0.2) is 30.3 Å². The predicted molar refractivity (Wildman–Crippen MR) is 84.9 cm³/mol. The number of nitrogens with one attached hydrogen (secondary N) is 2. The van der Waals surface area contributed by atoms with Crippen molar-refractivity contribution in [2.24, 2.45) is 0 Å². The average molecular weight is 430 g/mol. The largest absolute Gasteiger partial charge is 0.402 e. The van der Waals surface area contributed by atoms with E-state index in [0.29, 0.717) is 0 Å². The smallest absolute Gasteiger partial charge is 0.279 e. The van der Waals surface area contributed by atoms with E-state index in [-0.39, 0.29) is 5.69 Å². The van der Waals surface area contributed by atoms with Crippen molar-refractivity contribution in [3.05, 3.63) is 54.1 Å². The Morgan fingerprint density at radius 2 is 1.33 bits per heavy atom. The van der Waals surface area contributed by atoms with E-state index in [2.05, 4.69) is 0 Å². The van der Waals surface area contributed by atoms with Crippen molar-refractivity contribution in [2.45, 2.75) is 16.0 Å². The summed E-state index contributed by atoms with van der Waals surface area (Å²) < 4.78 is 114. The fourth-order valence-electron chi connectivity index (χ4n) is 1.91. The van der Waals surface area contributed by atoms with Crippen LogP contribution in [0.4, 0.5) is 27.6 Å². The molecule has 0 aromatic heterocycles. The molecule has 0 aliphatic carbocycles. The molecule has 13 heteroatoms. The summed E-state index contributed by atoms with van der Waals surface area (Å²) in [7, 11) is -9.15. The Kier molecular flexibility index (Phi) is 5.77. The molecule has 2 aromatic rings. The minimum atomic E-state index is -4.76. The predicted octanol–water partition coefficient (Wildman–Crippen LogP) is 2.61. The maximum absolute atomic E-state index is 13.6. The fraction of sp³-hybridized carbons (Fsp3) is 0.143. The minimum Gasteiger partial charge on any atom is -0.279 e. The van der Waals surface area contributed by atoms with Crippen LogP contribution in [0.15, 0.2) is 52.3 Å². The Hall–Kier alpha value is -2.25. The van der Waals surface area contributed by atoms with E-state index in [1.807, 2.05) is 4.72 Å². The quantitative estimate of drug-likeness (QED) is 0.690. The lowest BCUT2D eigenvalue weighted by Crippen LogP contribution is -2.33. The maximum Gasteiger partial charge on any atom is 0.402 e. The highest BCUT2D eigenvalue weighted by atomic mass is 32.2. The zero-order valence-corrected chi connectivity index (χ0v) is 14.7. The first kappa shape index (κ1) is 21.1. The molecule has 6 nitrogen and oxygen atoms in total. The fourth-order valence-corrected chi connectivity index (χ4v) is 4.12. The summed E-state index contributed by atoms with van der Waals surface area (Å²) >= 11 is 0. The van der Waals surface area contributed by atoms with Crippen LogP contribution in [0.2, 0.25) is 0 Å². The lowest BCUT2D eigenvalue weighted by molar-refractivity contribution is -0.121. The second-order valence-corrected chi connectivity index (χ2v) is 8.51. The molecule has 0 unspecified atom stereocenters. The van der Waals surface area contributed by atoms with E-state index >= 15 is 0 Å². The Labute approximate surface area is 151 Å². The second-order valence-electron chi connectivity index (χ2n) is 5.12. The van der Waals surface area contributed by atoms with Gasteiger partial charge in [-0.3, -0.25) is 4.72 Å². The molecule has 0 fully saturated rings. The van der Waals surface area contributed by atoms with E-state index in [1.54, 1.807) is 0 Å². The molecular weight excluding hydrogens is 419 g/mol. The lowest BCUT2D eigenvalue weighted by atomic mass is 10.3. The van der Waals surface area contributed by atoms with Crippen molar-refractivity contribution in [2.75, 3.05) is 11.3 Å². The van der Waals surface area contributed by atoms with Crippen LogP contribution in [0.3, 0.4) is 0 Å². The van der Waals surface area contributed by atoms with Crippen LogP contribution >= 0.6 is 0 Å². The van der Waals surface area contributed by atoms with Crippen molar-refractivity contribution in [3.63, 3.8) is 0 Å². The van der Waals surface area contributed by atoms with Crippen LogP contribution in [0.5, 0.6) is 0 Å². The molecule has 2 rings (SSSR count). The van der Waals surface area contributed by atoms with E-state index in [4.69, 9.17) is 0 Å². The monoisotopic (exact) mass is 430 g/mol. The summed E-state index contributed by atoms with van der Waals surface area (Å²) in [4.78, 5) is -1.79. The molecule has 0 atom stereocenters. The molecular formula is C14H11F5N2O4S2. The van der Waals surface area contributed by atoms with E-state index in [9.17, 15) is 38.8 Å². The van der Waals surface area contributed by atoms with Gasteiger partial charge in [0, 0.05) is 5.69 Å². The zero-order valence-electron chi connectivity index (χ0n) is 13.1. The molecule has 27 heavy (non-hydrogen) atoms. The first-order valence-electron chi connectivity index (χ1n) is 6.95. The standard InChI is InChI=1S/C14H11F5N2O4S2/c15-11-2-1-3-12(16)13(11)27(24,25)21-9-4-6-10(7-5-9)26(22,23)20-8-14(17,18)19/h1-7,20-21H,8H2. The highest BCUT2D eigenvalue weighted by Gasteiger charge is 2.30. The molecule has 0 radical (unpaired) electrons.